The standard InChI is InChI=1S/C18H33N/c1-17(2,3)11-18(4,5)19-16-10-12-9-15(16)14-8-6-7-13(12)14/h12-16,19H,6-11H2,1-5H3. The lowest BCUT2D eigenvalue weighted by Gasteiger charge is -2.40. The van der Waals surface area contributed by atoms with Crippen LogP contribution in [0.4, 0.5) is 0 Å². The Kier molecular flexibility index (Phi) is 3.28. The van der Waals surface area contributed by atoms with Crippen LogP contribution in [0, 0.1) is 29.1 Å². The molecule has 0 aromatic carbocycles. The van der Waals surface area contributed by atoms with Gasteiger partial charge in [0, 0.05) is 11.6 Å². The van der Waals surface area contributed by atoms with E-state index < -0.39 is 0 Å². The van der Waals surface area contributed by atoms with E-state index in [2.05, 4.69) is 39.9 Å². The number of fused-ring (bicyclic) bond motifs is 5. The van der Waals surface area contributed by atoms with E-state index in [4.69, 9.17) is 0 Å². The van der Waals surface area contributed by atoms with Crippen molar-refractivity contribution in [1.82, 2.24) is 5.32 Å². The second kappa shape index (κ2) is 4.48. The highest BCUT2D eigenvalue weighted by Gasteiger charge is 2.54. The van der Waals surface area contributed by atoms with Crippen LogP contribution in [0.15, 0.2) is 0 Å². The third kappa shape index (κ3) is 2.73. The molecule has 2 bridgehead atoms. The zero-order valence-electron chi connectivity index (χ0n) is 13.6. The summed E-state index contributed by atoms with van der Waals surface area (Å²) in [6.45, 7) is 11.9. The molecule has 110 valence electrons. The van der Waals surface area contributed by atoms with Gasteiger partial charge >= 0.3 is 0 Å². The maximum absolute atomic E-state index is 4.06. The third-order valence-corrected chi connectivity index (χ3v) is 5.98. The van der Waals surface area contributed by atoms with Crippen molar-refractivity contribution in [3.8, 4) is 0 Å². The van der Waals surface area contributed by atoms with E-state index in [0.717, 1.165) is 29.7 Å². The fourth-order valence-corrected chi connectivity index (χ4v) is 6.11. The summed E-state index contributed by atoms with van der Waals surface area (Å²) in [7, 11) is 0. The summed E-state index contributed by atoms with van der Waals surface area (Å²) < 4.78 is 0. The molecule has 5 atom stereocenters. The van der Waals surface area contributed by atoms with Crippen molar-refractivity contribution in [1.29, 1.82) is 0 Å². The van der Waals surface area contributed by atoms with Gasteiger partial charge in [0.15, 0.2) is 0 Å². The topological polar surface area (TPSA) is 12.0 Å². The summed E-state index contributed by atoms with van der Waals surface area (Å²) in [6, 6.07) is 0.821. The normalized spacial score (nSPS) is 41.8. The van der Waals surface area contributed by atoms with Gasteiger partial charge in [-0.25, -0.2) is 0 Å². The summed E-state index contributed by atoms with van der Waals surface area (Å²) in [6.07, 6.45) is 8.87. The summed E-state index contributed by atoms with van der Waals surface area (Å²) in [5, 5.41) is 4.06. The van der Waals surface area contributed by atoms with Crippen LogP contribution in [0.5, 0.6) is 0 Å². The monoisotopic (exact) mass is 263 g/mol. The van der Waals surface area contributed by atoms with Crippen molar-refractivity contribution < 1.29 is 0 Å². The van der Waals surface area contributed by atoms with Crippen LogP contribution in [0.2, 0.25) is 0 Å². The molecule has 3 aliphatic carbocycles. The predicted octanol–water partition coefficient (Wildman–Crippen LogP) is 4.62. The van der Waals surface area contributed by atoms with Crippen LogP contribution in [0.3, 0.4) is 0 Å². The Labute approximate surface area is 119 Å². The quantitative estimate of drug-likeness (QED) is 0.783. The highest BCUT2D eigenvalue weighted by Crippen LogP contribution is 2.59. The average molecular weight is 263 g/mol. The molecule has 19 heavy (non-hydrogen) atoms. The number of hydrogen-bond donors (Lipinski definition) is 1. The van der Waals surface area contributed by atoms with E-state index in [1.807, 2.05) is 0 Å². The van der Waals surface area contributed by atoms with Gasteiger partial charge in [-0.1, -0.05) is 27.2 Å². The minimum absolute atomic E-state index is 0.293. The number of hydrogen-bond acceptors (Lipinski definition) is 1. The highest BCUT2D eigenvalue weighted by atomic mass is 15.0. The molecule has 0 aromatic rings. The molecule has 0 saturated heterocycles. The molecule has 1 N–H and O–H groups in total. The fourth-order valence-electron chi connectivity index (χ4n) is 6.11. The Morgan fingerprint density at radius 1 is 0.895 bits per heavy atom. The van der Waals surface area contributed by atoms with Crippen molar-refractivity contribution >= 4 is 0 Å². The Hall–Kier alpha value is -0.0400. The molecule has 0 radical (unpaired) electrons. The molecule has 3 rings (SSSR count). The van der Waals surface area contributed by atoms with Crippen LogP contribution in [0.1, 0.15) is 73.1 Å². The van der Waals surface area contributed by atoms with Gasteiger partial charge in [-0.05, 0) is 75.0 Å². The van der Waals surface area contributed by atoms with Gasteiger partial charge in [0.2, 0.25) is 0 Å². The van der Waals surface area contributed by atoms with Crippen molar-refractivity contribution in [2.45, 2.75) is 84.7 Å². The predicted molar refractivity (Wildman–Crippen MR) is 82.1 cm³/mol. The summed E-state index contributed by atoms with van der Waals surface area (Å²) in [5.41, 5.74) is 0.714. The first kappa shape index (κ1) is 13.9. The van der Waals surface area contributed by atoms with Gasteiger partial charge in [-0.2, -0.15) is 0 Å². The first-order valence-electron chi connectivity index (χ1n) is 8.53. The highest BCUT2D eigenvalue weighted by molar-refractivity contribution is 5.07. The molecular formula is C18H33N. The van der Waals surface area contributed by atoms with Crippen LogP contribution >= 0.6 is 0 Å². The number of nitrogens with one attached hydrogen (secondary N) is 1. The van der Waals surface area contributed by atoms with Crippen molar-refractivity contribution in [2.75, 3.05) is 0 Å². The van der Waals surface area contributed by atoms with Crippen LogP contribution in [-0.2, 0) is 0 Å². The first-order chi connectivity index (χ1) is 8.75. The minimum Gasteiger partial charge on any atom is -0.309 e. The molecule has 0 spiro atoms. The first-order valence-corrected chi connectivity index (χ1v) is 8.53. The molecule has 5 unspecified atom stereocenters. The fraction of sp³-hybridized carbons (Fsp3) is 1.00. The molecule has 1 nitrogen and oxygen atoms in total. The maximum Gasteiger partial charge on any atom is 0.0132 e. The smallest absolute Gasteiger partial charge is 0.0132 e. The second-order valence-electron chi connectivity index (χ2n) is 9.53. The minimum atomic E-state index is 0.293. The lowest BCUT2D eigenvalue weighted by Crippen LogP contribution is -2.51. The molecule has 3 fully saturated rings. The van der Waals surface area contributed by atoms with Gasteiger partial charge < -0.3 is 5.32 Å². The van der Waals surface area contributed by atoms with Crippen molar-refractivity contribution in [3.63, 3.8) is 0 Å². The van der Waals surface area contributed by atoms with E-state index >= 15 is 0 Å². The zero-order valence-corrected chi connectivity index (χ0v) is 13.6. The van der Waals surface area contributed by atoms with Gasteiger partial charge in [0.1, 0.15) is 0 Å². The second-order valence-corrected chi connectivity index (χ2v) is 9.53. The van der Waals surface area contributed by atoms with Crippen molar-refractivity contribution in [2.24, 2.45) is 29.1 Å². The molecular weight excluding hydrogens is 230 g/mol. The van der Waals surface area contributed by atoms with Crippen molar-refractivity contribution in [3.05, 3.63) is 0 Å². The lowest BCUT2D eigenvalue weighted by atomic mass is 9.76. The molecule has 3 saturated carbocycles. The number of rotatable bonds is 3. The summed E-state index contributed by atoms with van der Waals surface area (Å²) in [4.78, 5) is 0. The summed E-state index contributed by atoms with van der Waals surface area (Å²) in [5.74, 6) is 4.28. The van der Waals surface area contributed by atoms with E-state index in [1.165, 1.54) is 25.7 Å². The zero-order chi connectivity index (χ0) is 13.8. The van der Waals surface area contributed by atoms with Crippen LogP contribution < -0.4 is 5.32 Å². The molecule has 3 aliphatic rings. The van der Waals surface area contributed by atoms with Gasteiger partial charge in [0.25, 0.3) is 0 Å². The maximum atomic E-state index is 4.06. The van der Waals surface area contributed by atoms with Crippen LogP contribution in [0.25, 0.3) is 0 Å². The van der Waals surface area contributed by atoms with E-state index in [0.29, 0.717) is 11.0 Å². The largest absolute Gasteiger partial charge is 0.309 e. The Morgan fingerprint density at radius 3 is 2.26 bits per heavy atom. The molecule has 1 heteroatoms. The molecule has 0 amide bonds. The Morgan fingerprint density at radius 2 is 1.58 bits per heavy atom. The van der Waals surface area contributed by atoms with Gasteiger partial charge in [0.05, 0.1) is 0 Å². The summed E-state index contributed by atoms with van der Waals surface area (Å²) >= 11 is 0. The average Bonchev–Trinajstić information content (AvgIpc) is 2.79. The third-order valence-electron chi connectivity index (χ3n) is 5.98. The SMILES string of the molecule is CC(C)(C)CC(C)(C)NC1CC2CC1C1CCCC21. The Balaban J connectivity index is 1.63. The molecule has 0 heterocycles. The molecule has 0 aromatic heterocycles. The molecule has 0 aliphatic heterocycles. The van der Waals surface area contributed by atoms with E-state index in [9.17, 15) is 0 Å². The van der Waals surface area contributed by atoms with Gasteiger partial charge in [-0.15, -0.1) is 0 Å². The Bertz CT molecular complexity index is 338. The van der Waals surface area contributed by atoms with Crippen LogP contribution in [-0.4, -0.2) is 11.6 Å². The van der Waals surface area contributed by atoms with Gasteiger partial charge in [-0.3, -0.25) is 0 Å². The van der Waals surface area contributed by atoms with E-state index in [1.54, 1.807) is 12.8 Å². The lowest BCUT2D eigenvalue weighted by molar-refractivity contribution is 0.154. The van der Waals surface area contributed by atoms with E-state index in [-0.39, 0.29) is 0 Å².